The van der Waals surface area contributed by atoms with Crippen LogP contribution in [0.5, 0.6) is 0 Å². The van der Waals surface area contributed by atoms with Gasteiger partial charge in [-0.15, -0.1) is 0 Å². The Balaban J connectivity index is 1.97. The summed E-state index contributed by atoms with van der Waals surface area (Å²) in [5.41, 5.74) is 3.60. The average molecular weight is 255 g/mol. The fraction of sp³-hybridized carbons (Fsp3) is 0.500. The van der Waals surface area contributed by atoms with E-state index in [1.54, 1.807) is 0 Å². The van der Waals surface area contributed by atoms with E-state index in [0.29, 0.717) is 6.04 Å². The molecule has 2 heterocycles. The molecular weight excluding hydrogens is 234 g/mol. The van der Waals surface area contributed by atoms with Gasteiger partial charge in [-0.25, -0.2) is 0 Å². The van der Waals surface area contributed by atoms with Crippen LogP contribution >= 0.6 is 0 Å². The predicted octanol–water partition coefficient (Wildman–Crippen LogP) is 3.84. The molecule has 0 N–H and O–H groups in total. The van der Waals surface area contributed by atoms with E-state index < -0.39 is 0 Å². The summed E-state index contributed by atoms with van der Waals surface area (Å²) in [6, 6.07) is 6.92. The number of aliphatic imine (C=N–C) groups is 1. The van der Waals surface area contributed by atoms with E-state index in [1.165, 1.54) is 23.1 Å². The molecule has 0 spiro atoms. The third-order valence-electron chi connectivity index (χ3n) is 3.85. The molecule has 19 heavy (non-hydrogen) atoms. The maximum Gasteiger partial charge on any atom is 0.0923 e. The number of aromatic nitrogens is 2. The van der Waals surface area contributed by atoms with E-state index in [1.807, 2.05) is 4.68 Å². The van der Waals surface area contributed by atoms with Gasteiger partial charge in [-0.2, -0.15) is 5.10 Å². The number of benzene rings is 1. The fourth-order valence-electron chi connectivity index (χ4n) is 2.54. The molecule has 3 nitrogen and oxygen atoms in total. The summed E-state index contributed by atoms with van der Waals surface area (Å²) in [7, 11) is 0. The first-order chi connectivity index (χ1) is 9.13. The van der Waals surface area contributed by atoms with Crippen molar-refractivity contribution >= 4 is 16.6 Å². The third kappa shape index (κ3) is 2.42. The number of hydrogen-bond donors (Lipinski definition) is 0. The van der Waals surface area contributed by atoms with Crippen molar-refractivity contribution in [3.8, 4) is 0 Å². The van der Waals surface area contributed by atoms with Crippen molar-refractivity contribution in [3.05, 3.63) is 30.0 Å². The monoisotopic (exact) mass is 255 g/mol. The highest BCUT2D eigenvalue weighted by atomic mass is 15.3. The SMILES string of the molecule is CC(C)n1cc2cc(C3=NC[C@@H](C)CC3)ccc2n1. The quantitative estimate of drug-likeness (QED) is 0.802. The lowest BCUT2D eigenvalue weighted by molar-refractivity contribution is 0.537. The second kappa shape index (κ2) is 4.80. The number of rotatable bonds is 2. The lowest BCUT2D eigenvalue weighted by Gasteiger charge is -2.17. The maximum absolute atomic E-state index is 4.72. The number of nitrogens with zero attached hydrogens (tertiary/aromatic N) is 3. The van der Waals surface area contributed by atoms with Crippen LogP contribution in [-0.4, -0.2) is 22.0 Å². The molecule has 0 radical (unpaired) electrons. The summed E-state index contributed by atoms with van der Waals surface area (Å²) in [6.07, 6.45) is 4.49. The standard InChI is InChI=1S/C16H21N3/c1-11(2)19-10-14-8-13(5-7-16(14)18-19)15-6-4-12(3)9-17-15/h5,7-8,10-12H,4,6,9H2,1-3H3/t12-/m0/s1. The van der Waals surface area contributed by atoms with Crippen molar-refractivity contribution in [2.24, 2.45) is 10.9 Å². The van der Waals surface area contributed by atoms with Gasteiger partial charge >= 0.3 is 0 Å². The first kappa shape index (κ1) is 12.4. The molecule has 0 saturated heterocycles. The zero-order valence-electron chi connectivity index (χ0n) is 11.9. The van der Waals surface area contributed by atoms with Crippen LogP contribution in [0.4, 0.5) is 0 Å². The van der Waals surface area contributed by atoms with E-state index in [-0.39, 0.29) is 0 Å². The minimum atomic E-state index is 0.406. The highest BCUT2D eigenvalue weighted by Crippen LogP contribution is 2.22. The van der Waals surface area contributed by atoms with Crippen molar-refractivity contribution in [3.63, 3.8) is 0 Å². The molecule has 0 amide bonds. The highest BCUT2D eigenvalue weighted by Gasteiger charge is 2.14. The molecule has 1 atom stereocenters. The second-order valence-electron chi connectivity index (χ2n) is 5.91. The summed E-state index contributed by atoms with van der Waals surface area (Å²) in [6.45, 7) is 7.55. The largest absolute Gasteiger partial charge is 0.289 e. The third-order valence-corrected chi connectivity index (χ3v) is 3.85. The molecule has 1 aromatic carbocycles. The van der Waals surface area contributed by atoms with E-state index in [0.717, 1.165) is 24.4 Å². The number of fused-ring (bicyclic) bond motifs is 1. The lowest BCUT2D eigenvalue weighted by atomic mass is 9.95. The van der Waals surface area contributed by atoms with E-state index >= 15 is 0 Å². The Bertz CT molecular complexity index is 622. The van der Waals surface area contributed by atoms with Gasteiger partial charge in [-0.05, 0) is 50.3 Å². The summed E-state index contributed by atoms with van der Waals surface area (Å²) in [5.74, 6) is 0.733. The Morgan fingerprint density at radius 2 is 2.16 bits per heavy atom. The molecule has 0 saturated carbocycles. The molecule has 3 rings (SSSR count). The van der Waals surface area contributed by atoms with Crippen molar-refractivity contribution in [1.82, 2.24) is 9.78 Å². The van der Waals surface area contributed by atoms with Crippen LogP contribution in [0.15, 0.2) is 29.4 Å². The summed E-state index contributed by atoms with van der Waals surface area (Å²) < 4.78 is 2.03. The van der Waals surface area contributed by atoms with Gasteiger partial charge in [-0.3, -0.25) is 9.67 Å². The molecule has 3 heteroatoms. The zero-order chi connectivity index (χ0) is 13.4. The molecule has 0 unspecified atom stereocenters. The first-order valence-electron chi connectivity index (χ1n) is 7.16. The molecule has 2 aromatic rings. The minimum absolute atomic E-state index is 0.406. The molecule has 1 aliphatic heterocycles. The maximum atomic E-state index is 4.72. The van der Waals surface area contributed by atoms with Crippen LogP contribution in [0.25, 0.3) is 10.9 Å². The van der Waals surface area contributed by atoms with Gasteiger partial charge in [0.1, 0.15) is 0 Å². The van der Waals surface area contributed by atoms with Gasteiger partial charge in [-0.1, -0.05) is 13.0 Å². The van der Waals surface area contributed by atoms with Crippen LogP contribution in [0.1, 0.15) is 45.2 Å². The molecule has 0 bridgehead atoms. The molecule has 1 aromatic heterocycles. The van der Waals surface area contributed by atoms with Gasteiger partial charge in [0.2, 0.25) is 0 Å². The van der Waals surface area contributed by atoms with Crippen molar-refractivity contribution in [2.45, 2.75) is 39.7 Å². The normalized spacial score (nSPS) is 20.0. The Kier molecular flexibility index (Phi) is 3.13. The number of hydrogen-bond acceptors (Lipinski definition) is 2. The Labute approximate surface area is 114 Å². The van der Waals surface area contributed by atoms with Gasteiger partial charge in [0.05, 0.1) is 5.52 Å². The van der Waals surface area contributed by atoms with Gasteiger partial charge in [0, 0.05) is 29.9 Å². The average Bonchev–Trinajstić information content (AvgIpc) is 2.82. The lowest BCUT2D eigenvalue weighted by Crippen LogP contribution is -2.14. The van der Waals surface area contributed by atoms with Crippen LogP contribution < -0.4 is 0 Å². The molecule has 0 fully saturated rings. The Morgan fingerprint density at radius 1 is 1.32 bits per heavy atom. The molecule has 1 aliphatic rings. The second-order valence-corrected chi connectivity index (χ2v) is 5.91. The van der Waals surface area contributed by atoms with Gasteiger partial charge in [0.15, 0.2) is 0 Å². The highest BCUT2D eigenvalue weighted by molar-refractivity contribution is 6.03. The van der Waals surface area contributed by atoms with E-state index in [4.69, 9.17) is 4.99 Å². The predicted molar refractivity (Wildman–Crippen MR) is 79.9 cm³/mol. The molecular formula is C16H21N3. The van der Waals surface area contributed by atoms with E-state index in [2.05, 4.69) is 50.3 Å². The minimum Gasteiger partial charge on any atom is -0.289 e. The van der Waals surface area contributed by atoms with Crippen LogP contribution in [-0.2, 0) is 0 Å². The zero-order valence-corrected chi connectivity index (χ0v) is 11.9. The first-order valence-corrected chi connectivity index (χ1v) is 7.16. The Morgan fingerprint density at radius 3 is 2.84 bits per heavy atom. The molecule has 100 valence electrons. The van der Waals surface area contributed by atoms with Crippen molar-refractivity contribution in [1.29, 1.82) is 0 Å². The summed E-state index contributed by atoms with van der Waals surface area (Å²) in [4.78, 5) is 4.72. The van der Waals surface area contributed by atoms with Crippen LogP contribution in [0, 0.1) is 5.92 Å². The van der Waals surface area contributed by atoms with Crippen molar-refractivity contribution < 1.29 is 0 Å². The van der Waals surface area contributed by atoms with Crippen LogP contribution in [0.2, 0.25) is 0 Å². The summed E-state index contributed by atoms with van der Waals surface area (Å²) >= 11 is 0. The summed E-state index contributed by atoms with van der Waals surface area (Å²) in [5, 5.41) is 5.80. The van der Waals surface area contributed by atoms with E-state index in [9.17, 15) is 0 Å². The fourth-order valence-corrected chi connectivity index (χ4v) is 2.54. The molecule has 0 aliphatic carbocycles. The van der Waals surface area contributed by atoms with Gasteiger partial charge < -0.3 is 0 Å². The topological polar surface area (TPSA) is 30.2 Å². The smallest absolute Gasteiger partial charge is 0.0923 e. The van der Waals surface area contributed by atoms with Crippen LogP contribution in [0.3, 0.4) is 0 Å². The Hall–Kier alpha value is -1.64. The van der Waals surface area contributed by atoms with Gasteiger partial charge in [0.25, 0.3) is 0 Å². The van der Waals surface area contributed by atoms with Crippen molar-refractivity contribution in [2.75, 3.05) is 6.54 Å².